The Kier molecular flexibility index (Phi) is 12.1. The number of benzene rings is 1. The summed E-state index contributed by atoms with van der Waals surface area (Å²) in [5.74, 6) is -0.413. The van der Waals surface area contributed by atoms with Crippen LogP contribution in [-0.2, 0) is 58.4 Å². The highest BCUT2D eigenvalue weighted by atomic mass is 32.1. The van der Waals surface area contributed by atoms with Crippen LogP contribution in [0, 0.1) is 17.8 Å². The van der Waals surface area contributed by atoms with Crippen LogP contribution in [0.4, 0.5) is 9.59 Å². The molecular formula is C34H41N4O16PS. The summed E-state index contributed by atoms with van der Waals surface area (Å²) in [4.78, 5) is 97.7. The third kappa shape index (κ3) is 9.25. The Balaban J connectivity index is 0.997. The fraction of sp³-hybridized carbons (Fsp3) is 0.588. The first-order valence-electron chi connectivity index (χ1n) is 18.1. The number of hydrogen-bond donors (Lipinski definition) is 3. The van der Waals surface area contributed by atoms with Crippen LogP contribution < -0.4 is 5.32 Å². The summed E-state index contributed by atoms with van der Waals surface area (Å²) >= 11 is 1.18. The molecule has 4 amide bonds. The molecule has 1 aliphatic carbocycles. The second kappa shape index (κ2) is 17.0. The molecule has 5 atom stereocenters. The number of fused-ring (bicyclic) bond motifs is 3. The van der Waals surface area contributed by atoms with Crippen molar-refractivity contribution in [2.75, 3.05) is 53.0 Å². The van der Waals surface area contributed by atoms with Gasteiger partial charge in [0.25, 0.3) is 5.91 Å². The quantitative estimate of drug-likeness (QED) is 0.0815. The minimum atomic E-state index is -4.19. The van der Waals surface area contributed by atoms with E-state index in [1.54, 1.807) is 39.0 Å². The van der Waals surface area contributed by atoms with Crippen LogP contribution in [0.1, 0.15) is 47.3 Å². The van der Waals surface area contributed by atoms with Crippen LogP contribution in [0.2, 0.25) is 0 Å². The number of rotatable bonds is 14. The summed E-state index contributed by atoms with van der Waals surface area (Å²) in [6.45, 7) is 0.858. The first-order chi connectivity index (χ1) is 26.9. The monoisotopic (exact) mass is 824 g/mol. The fourth-order valence-corrected chi connectivity index (χ4v) is 10.2. The van der Waals surface area contributed by atoms with Crippen LogP contribution in [0.25, 0.3) is 10.1 Å². The lowest BCUT2D eigenvalue weighted by Gasteiger charge is -2.44. The van der Waals surface area contributed by atoms with Gasteiger partial charge in [-0.2, -0.15) is 9.78 Å². The molecule has 0 bridgehead atoms. The minimum absolute atomic E-state index is 0.0261. The third-order valence-electron chi connectivity index (χ3n) is 10.7. The van der Waals surface area contributed by atoms with Gasteiger partial charge in [0, 0.05) is 36.9 Å². The van der Waals surface area contributed by atoms with E-state index in [4.69, 9.17) is 24.0 Å². The average molecular weight is 825 g/mol. The molecule has 0 spiro atoms. The van der Waals surface area contributed by atoms with Gasteiger partial charge in [0.05, 0.1) is 30.2 Å². The molecule has 1 aromatic heterocycles. The largest absolute Gasteiger partial charge is 0.537 e. The number of carbonyl (C=O) groups is 6. The number of carboxylic acid groups (broad SMARTS) is 2. The normalized spacial score (nSPS) is 25.0. The van der Waals surface area contributed by atoms with E-state index < -0.39 is 57.6 Å². The molecule has 1 aromatic carbocycles. The molecule has 304 valence electrons. The van der Waals surface area contributed by atoms with Gasteiger partial charge in [-0.1, -0.05) is 6.07 Å². The van der Waals surface area contributed by atoms with Gasteiger partial charge >= 0.3 is 19.9 Å². The maximum atomic E-state index is 14.3. The van der Waals surface area contributed by atoms with E-state index in [0.717, 1.165) is 12.8 Å². The molecule has 7 rings (SSSR count). The zero-order valence-corrected chi connectivity index (χ0v) is 31.7. The van der Waals surface area contributed by atoms with Gasteiger partial charge < -0.3 is 35.0 Å². The van der Waals surface area contributed by atoms with Crippen molar-refractivity contribution in [2.45, 2.75) is 56.4 Å². The van der Waals surface area contributed by atoms with E-state index in [1.807, 2.05) is 0 Å². The third-order valence-corrected chi connectivity index (χ3v) is 13.6. The Morgan fingerprint density at radius 3 is 2.23 bits per heavy atom. The van der Waals surface area contributed by atoms with Gasteiger partial charge in [-0.25, -0.2) is 9.59 Å². The van der Waals surface area contributed by atoms with Crippen molar-refractivity contribution in [1.29, 1.82) is 0 Å². The lowest BCUT2D eigenvalue weighted by Crippen LogP contribution is -2.62. The standard InChI is InChI=1S/C34H41N4O16PS/c39-29(28-13-22-9-19(1-4-27(22)56-28)16-55(47,51-17-49-53-33(43)44)52-18-50-54-34(45)46)35-25-12-21-10-20(21)11-24-2-3-26(38(24)31(25)41)32(42)37-14-23(15-37)30(40)36-5-7-48-8-6-36/h1,4,9,13,20-21,23-26H,2-3,5-8,10-12,14-18H2,(H,35,39)(H,43,44)(H,45,46)/t20-,21+,24-,25+,26+/m1/s1. The molecule has 5 heterocycles. The van der Waals surface area contributed by atoms with Crippen molar-refractivity contribution in [3.05, 3.63) is 34.7 Å². The summed E-state index contributed by atoms with van der Waals surface area (Å²) < 4.78 is 29.6. The Morgan fingerprint density at radius 2 is 1.55 bits per heavy atom. The van der Waals surface area contributed by atoms with Crippen molar-refractivity contribution >= 4 is 65.0 Å². The number of likely N-dealkylation sites (tertiary alicyclic amines) is 1. The van der Waals surface area contributed by atoms with E-state index in [9.17, 15) is 33.3 Å². The van der Waals surface area contributed by atoms with Crippen LogP contribution in [-0.4, -0.2) is 132 Å². The Hall–Kier alpha value is -4.37. The topological polar surface area (TPSA) is 246 Å². The molecule has 0 unspecified atom stereocenters. The summed E-state index contributed by atoms with van der Waals surface area (Å²) in [5.41, 5.74) is 0.397. The number of hydrogen-bond acceptors (Lipinski definition) is 15. The van der Waals surface area contributed by atoms with Gasteiger partial charge in [-0.3, -0.25) is 42.6 Å². The molecule has 56 heavy (non-hydrogen) atoms. The van der Waals surface area contributed by atoms with E-state index >= 15 is 0 Å². The molecule has 3 N–H and O–H groups in total. The van der Waals surface area contributed by atoms with Crippen molar-refractivity contribution in [3.8, 4) is 0 Å². The maximum Gasteiger partial charge on any atom is 0.537 e. The predicted octanol–water partition coefficient (Wildman–Crippen LogP) is 3.00. The zero-order valence-electron chi connectivity index (χ0n) is 30.0. The number of carbonyl (C=O) groups excluding carboxylic acids is 4. The highest BCUT2D eigenvalue weighted by molar-refractivity contribution is 7.53. The molecule has 22 heteroatoms. The number of nitrogens with zero attached hydrogens (tertiary/aromatic N) is 3. The van der Waals surface area contributed by atoms with Crippen molar-refractivity contribution in [2.24, 2.45) is 17.8 Å². The van der Waals surface area contributed by atoms with Gasteiger partial charge in [0.2, 0.25) is 31.3 Å². The average Bonchev–Trinajstić information content (AvgIpc) is 3.50. The number of ether oxygens (including phenoxy) is 1. The van der Waals surface area contributed by atoms with Crippen molar-refractivity contribution in [3.63, 3.8) is 0 Å². The van der Waals surface area contributed by atoms with Crippen molar-refractivity contribution in [1.82, 2.24) is 20.0 Å². The van der Waals surface area contributed by atoms with Gasteiger partial charge in [-0.05, 0) is 73.1 Å². The Labute approximate surface area is 323 Å². The number of thiophene rings is 1. The summed E-state index contributed by atoms with van der Waals surface area (Å²) in [7, 11) is -4.19. The smallest absolute Gasteiger partial charge is 0.448 e. The molecule has 0 radical (unpaired) electrons. The van der Waals surface area contributed by atoms with Gasteiger partial charge in [0.15, 0.2) is 0 Å². The first-order valence-corrected chi connectivity index (χ1v) is 20.7. The number of morpholine rings is 1. The number of nitrogens with one attached hydrogen (secondary N) is 1. The van der Waals surface area contributed by atoms with Crippen LogP contribution in [0.15, 0.2) is 24.3 Å². The van der Waals surface area contributed by atoms with Crippen molar-refractivity contribution < 1.29 is 76.9 Å². The van der Waals surface area contributed by atoms with Crippen LogP contribution in [0.3, 0.4) is 0 Å². The molecule has 5 aliphatic rings. The fourth-order valence-electron chi connectivity index (χ4n) is 7.94. The Bertz CT molecular complexity index is 1870. The molecule has 4 aliphatic heterocycles. The molecule has 20 nitrogen and oxygen atoms in total. The minimum Gasteiger partial charge on any atom is -0.448 e. The molecule has 4 saturated heterocycles. The zero-order chi connectivity index (χ0) is 39.6. The second-order valence-electron chi connectivity index (χ2n) is 14.3. The van der Waals surface area contributed by atoms with E-state index in [2.05, 4.69) is 24.9 Å². The molecular weight excluding hydrogens is 783 g/mol. The molecule has 1 saturated carbocycles. The van der Waals surface area contributed by atoms with E-state index in [0.29, 0.717) is 91.0 Å². The molecule has 2 aromatic rings. The van der Waals surface area contributed by atoms with E-state index in [1.165, 1.54) is 11.3 Å². The summed E-state index contributed by atoms with van der Waals surface area (Å²) in [6, 6.07) is 4.94. The van der Waals surface area contributed by atoms with Crippen LogP contribution in [0.5, 0.6) is 0 Å². The van der Waals surface area contributed by atoms with E-state index in [-0.39, 0.29) is 29.7 Å². The number of amides is 4. The highest BCUT2D eigenvalue weighted by Gasteiger charge is 2.53. The second-order valence-corrected chi connectivity index (χ2v) is 17.4. The van der Waals surface area contributed by atoms with Gasteiger partial charge in [-0.15, -0.1) is 11.3 Å². The summed E-state index contributed by atoms with van der Waals surface area (Å²) in [5, 5.41) is 20.7. The molecule has 5 fully saturated rings. The Morgan fingerprint density at radius 1 is 0.875 bits per heavy atom. The maximum absolute atomic E-state index is 14.3. The predicted molar refractivity (Wildman–Crippen MR) is 189 cm³/mol. The lowest BCUT2D eigenvalue weighted by molar-refractivity contribution is -0.293. The first kappa shape index (κ1) is 39.8. The highest BCUT2D eigenvalue weighted by Crippen LogP contribution is 2.52. The van der Waals surface area contributed by atoms with Gasteiger partial charge in [0.1, 0.15) is 12.1 Å². The van der Waals surface area contributed by atoms with Crippen LogP contribution >= 0.6 is 18.9 Å². The lowest BCUT2D eigenvalue weighted by atomic mass is 9.96. The SMILES string of the molecule is O=C(O)OOCOP(=O)(Cc1ccc2sc(C(=O)N[C@H]3C[C@@H]4C[C@@H]4C[C@H]4CC[C@@H](C(=O)N5CC(C(=O)N6CCOCC6)C5)N4C3=O)cc2c1)OCOOC(=O)O. The summed E-state index contributed by atoms with van der Waals surface area (Å²) in [6.07, 6.45) is -0.499.